The molecule has 0 aromatic rings. The minimum absolute atomic E-state index is 0.120. The first-order valence-corrected chi connectivity index (χ1v) is 3.61. The highest BCUT2D eigenvalue weighted by Crippen LogP contribution is 1.98. The topological polar surface area (TPSA) is 29.5 Å². The van der Waals surface area contributed by atoms with Crippen molar-refractivity contribution < 1.29 is 9.84 Å². The summed E-state index contributed by atoms with van der Waals surface area (Å²) in [6.07, 6.45) is 3.04. The van der Waals surface area contributed by atoms with Crippen LogP contribution in [-0.4, -0.2) is 24.9 Å². The molecule has 0 rings (SSSR count). The van der Waals surface area contributed by atoms with Crippen LogP contribution in [-0.2, 0) is 4.74 Å². The molecule has 0 spiro atoms. The lowest BCUT2D eigenvalue weighted by Crippen LogP contribution is -2.00. The Balaban J connectivity index is 3.04. The lowest BCUT2D eigenvalue weighted by atomic mass is 10.2. The van der Waals surface area contributed by atoms with Gasteiger partial charge in [-0.05, 0) is 20.3 Å². The summed E-state index contributed by atoms with van der Waals surface area (Å²) in [5.74, 6) is 0. The van der Waals surface area contributed by atoms with Gasteiger partial charge in [0.2, 0.25) is 0 Å². The summed E-state index contributed by atoms with van der Waals surface area (Å²) in [6.45, 7) is 5.38. The second kappa shape index (κ2) is 6.78. The molecule has 1 N–H and O–H groups in total. The molecule has 0 bridgehead atoms. The van der Waals surface area contributed by atoms with Gasteiger partial charge >= 0.3 is 0 Å². The Hall–Kier alpha value is -0.340. The van der Waals surface area contributed by atoms with Gasteiger partial charge in [0.15, 0.2) is 0 Å². The van der Waals surface area contributed by atoms with Crippen LogP contribution < -0.4 is 0 Å². The predicted molar refractivity (Wildman–Crippen MR) is 42.0 cm³/mol. The van der Waals surface area contributed by atoms with E-state index in [9.17, 15) is 0 Å². The fraction of sp³-hybridized carbons (Fsp3) is 0.750. The van der Waals surface area contributed by atoms with Gasteiger partial charge in [0.1, 0.15) is 0 Å². The van der Waals surface area contributed by atoms with E-state index >= 15 is 0 Å². The predicted octanol–water partition coefficient (Wildman–Crippen LogP) is 1.35. The van der Waals surface area contributed by atoms with Crippen molar-refractivity contribution in [2.75, 3.05) is 19.8 Å². The van der Waals surface area contributed by atoms with Crippen molar-refractivity contribution >= 4 is 0 Å². The van der Waals surface area contributed by atoms with Gasteiger partial charge in [-0.25, -0.2) is 0 Å². The zero-order valence-corrected chi connectivity index (χ0v) is 6.76. The van der Waals surface area contributed by atoms with Gasteiger partial charge in [0, 0.05) is 0 Å². The van der Waals surface area contributed by atoms with E-state index in [1.54, 1.807) is 0 Å². The fourth-order valence-corrected chi connectivity index (χ4v) is 0.544. The lowest BCUT2D eigenvalue weighted by molar-refractivity contribution is 0.0944. The van der Waals surface area contributed by atoms with Gasteiger partial charge < -0.3 is 9.84 Å². The number of hydrogen-bond acceptors (Lipinski definition) is 2. The molecule has 0 saturated carbocycles. The number of aliphatic hydroxyl groups is 1. The molecule has 0 aliphatic carbocycles. The minimum Gasteiger partial charge on any atom is -0.394 e. The van der Waals surface area contributed by atoms with Crippen molar-refractivity contribution in [3.8, 4) is 0 Å². The van der Waals surface area contributed by atoms with E-state index in [2.05, 4.69) is 13.0 Å². The Morgan fingerprint density at radius 2 is 2.20 bits per heavy atom. The average Bonchev–Trinajstić information content (AvgIpc) is 1.98. The van der Waals surface area contributed by atoms with Crippen LogP contribution in [0.4, 0.5) is 0 Å². The molecular formula is C8H16O2. The number of aliphatic hydroxyl groups excluding tert-OH is 1. The molecule has 2 nitrogen and oxygen atoms in total. The average molecular weight is 144 g/mol. The van der Waals surface area contributed by atoms with E-state index in [0.29, 0.717) is 6.61 Å². The zero-order valence-electron chi connectivity index (χ0n) is 6.76. The molecule has 0 heterocycles. The lowest BCUT2D eigenvalue weighted by Gasteiger charge is -2.00. The highest BCUT2D eigenvalue weighted by atomic mass is 16.5. The van der Waals surface area contributed by atoms with Crippen LogP contribution in [0, 0.1) is 0 Å². The van der Waals surface area contributed by atoms with E-state index in [1.807, 2.05) is 6.92 Å². The molecule has 0 amide bonds. The Kier molecular flexibility index (Phi) is 6.55. The second-order valence-electron chi connectivity index (χ2n) is 2.22. The van der Waals surface area contributed by atoms with Crippen molar-refractivity contribution in [2.24, 2.45) is 0 Å². The first-order chi connectivity index (χ1) is 4.81. The molecule has 0 atom stereocenters. The van der Waals surface area contributed by atoms with Crippen LogP contribution in [0.3, 0.4) is 0 Å². The largest absolute Gasteiger partial charge is 0.394 e. The van der Waals surface area contributed by atoms with Gasteiger partial charge in [-0.15, -0.1) is 0 Å². The van der Waals surface area contributed by atoms with E-state index in [4.69, 9.17) is 9.84 Å². The highest BCUT2D eigenvalue weighted by Gasteiger charge is 1.88. The quantitative estimate of drug-likeness (QED) is 0.466. The maximum atomic E-state index is 8.35. The van der Waals surface area contributed by atoms with E-state index < -0.39 is 0 Å². The standard InChI is InChI=1S/C8H16O2/c1-3-8(2)4-6-10-7-5-9/h3,9H,4-7H2,1-2H3. The monoisotopic (exact) mass is 144 g/mol. The normalized spacial score (nSPS) is 12.1. The molecule has 0 aliphatic rings. The third-order valence-corrected chi connectivity index (χ3v) is 1.37. The summed E-state index contributed by atoms with van der Waals surface area (Å²) in [5.41, 5.74) is 1.33. The summed E-state index contributed by atoms with van der Waals surface area (Å²) < 4.78 is 5.06. The van der Waals surface area contributed by atoms with Gasteiger partial charge in [0.25, 0.3) is 0 Å². The van der Waals surface area contributed by atoms with Gasteiger partial charge in [-0.1, -0.05) is 11.6 Å². The van der Waals surface area contributed by atoms with Crippen LogP contribution in [0.25, 0.3) is 0 Å². The van der Waals surface area contributed by atoms with E-state index in [0.717, 1.165) is 13.0 Å². The zero-order chi connectivity index (χ0) is 7.82. The Morgan fingerprint density at radius 1 is 1.50 bits per heavy atom. The Labute approximate surface area is 62.5 Å². The van der Waals surface area contributed by atoms with Crippen molar-refractivity contribution in [3.63, 3.8) is 0 Å². The third-order valence-electron chi connectivity index (χ3n) is 1.37. The van der Waals surface area contributed by atoms with Gasteiger partial charge in [-0.2, -0.15) is 0 Å². The van der Waals surface area contributed by atoms with Crippen LogP contribution in [0.2, 0.25) is 0 Å². The van der Waals surface area contributed by atoms with Crippen molar-refractivity contribution in [1.82, 2.24) is 0 Å². The maximum absolute atomic E-state index is 8.35. The van der Waals surface area contributed by atoms with E-state index in [-0.39, 0.29) is 6.61 Å². The Bertz CT molecular complexity index is 97.4. The van der Waals surface area contributed by atoms with E-state index in [1.165, 1.54) is 5.57 Å². The molecule has 0 radical (unpaired) electrons. The number of rotatable bonds is 5. The molecule has 0 fully saturated rings. The van der Waals surface area contributed by atoms with Crippen LogP contribution in [0.15, 0.2) is 11.6 Å². The molecule has 60 valence electrons. The second-order valence-corrected chi connectivity index (χ2v) is 2.22. The molecule has 0 aromatic heterocycles. The molecular weight excluding hydrogens is 128 g/mol. The maximum Gasteiger partial charge on any atom is 0.0697 e. The first kappa shape index (κ1) is 9.66. The summed E-state index contributed by atoms with van der Waals surface area (Å²) in [7, 11) is 0. The highest BCUT2D eigenvalue weighted by molar-refractivity contribution is 4.94. The number of hydrogen-bond donors (Lipinski definition) is 1. The molecule has 10 heavy (non-hydrogen) atoms. The summed E-state index contributed by atoms with van der Waals surface area (Å²) in [4.78, 5) is 0. The number of allylic oxidation sites excluding steroid dienone is 1. The van der Waals surface area contributed by atoms with Gasteiger partial charge in [0.05, 0.1) is 19.8 Å². The van der Waals surface area contributed by atoms with Gasteiger partial charge in [-0.3, -0.25) is 0 Å². The smallest absolute Gasteiger partial charge is 0.0697 e. The fourth-order valence-electron chi connectivity index (χ4n) is 0.544. The first-order valence-electron chi connectivity index (χ1n) is 3.61. The van der Waals surface area contributed by atoms with Crippen molar-refractivity contribution in [3.05, 3.63) is 11.6 Å². The molecule has 0 unspecified atom stereocenters. The summed E-state index contributed by atoms with van der Waals surface area (Å²) >= 11 is 0. The summed E-state index contributed by atoms with van der Waals surface area (Å²) in [5, 5.41) is 8.35. The molecule has 0 saturated heterocycles. The van der Waals surface area contributed by atoms with Crippen LogP contribution in [0.1, 0.15) is 20.3 Å². The molecule has 0 aromatic carbocycles. The van der Waals surface area contributed by atoms with Crippen LogP contribution in [0.5, 0.6) is 0 Å². The van der Waals surface area contributed by atoms with Crippen molar-refractivity contribution in [2.45, 2.75) is 20.3 Å². The molecule has 2 heteroatoms. The third kappa shape index (κ3) is 5.79. The Morgan fingerprint density at radius 3 is 2.70 bits per heavy atom. The van der Waals surface area contributed by atoms with Crippen LogP contribution >= 0.6 is 0 Å². The number of ether oxygens (including phenoxy) is 1. The SMILES string of the molecule is CC=C(C)CCOCCO. The minimum atomic E-state index is 0.120. The molecule has 0 aliphatic heterocycles. The summed E-state index contributed by atoms with van der Waals surface area (Å²) in [6, 6.07) is 0. The van der Waals surface area contributed by atoms with Crippen molar-refractivity contribution in [1.29, 1.82) is 0 Å².